The third kappa shape index (κ3) is 2.16. The predicted octanol–water partition coefficient (Wildman–Crippen LogP) is 1.68. The molecule has 3 N–H and O–H groups in total. The first-order valence-electron chi connectivity index (χ1n) is 3.66. The van der Waals surface area contributed by atoms with Crippen LogP contribution in [-0.4, -0.2) is 0 Å². The Hall–Kier alpha value is -1.70. The Morgan fingerprint density at radius 2 is 1.75 bits per heavy atom. The van der Waals surface area contributed by atoms with E-state index in [1.807, 2.05) is 30.3 Å². The first kappa shape index (κ1) is 8.40. The van der Waals surface area contributed by atoms with Gasteiger partial charge < -0.3 is 11.1 Å². The van der Waals surface area contributed by atoms with E-state index in [1.54, 1.807) is 0 Å². The summed E-state index contributed by atoms with van der Waals surface area (Å²) < 4.78 is 0. The number of hydrogen-bond donors (Lipinski definition) is 2. The highest BCUT2D eigenvalue weighted by Gasteiger charge is 1.95. The van der Waals surface area contributed by atoms with Crippen LogP contribution in [0.15, 0.2) is 49.3 Å². The molecular weight excluding hydrogens is 148 g/mol. The minimum atomic E-state index is 0.406. The van der Waals surface area contributed by atoms with Gasteiger partial charge in [0.2, 0.25) is 0 Å². The summed E-state index contributed by atoms with van der Waals surface area (Å²) in [6.45, 7) is 7.34. The van der Waals surface area contributed by atoms with Gasteiger partial charge in [0.05, 0.1) is 5.82 Å². The lowest BCUT2D eigenvalue weighted by Crippen LogP contribution is -2.16. The Morgan fingerprint density at radius 1 is 1.17 bits per heavy atom. The molecule has 12 heavy (non-hydrogen) atoms. The van der Waals surface area contributed by atoms with Crippen LogP contribution in [0.4, 0.5) is 0 Å². The van der Waals surface area contributed by atoms with E-state index >= 15 is 0 Å². The number of nitrogens with one attached hydrogen (secondary N) is 1. The maximum atomic E-state index is 5.36. The van der Waals surface area contributed by atoms with E-state index in [4.69, 9.17) is 5.73 Å². The molecule has 0 fully saturated rings. The fourth-order valence-electron chi connectivity index (χ4n) is 0.905. The zero-order valence-electron chi connectivity index (χ0n) is 6.88. The van der Waals surface area contributed by atoms with E-state index in [9.17, 15) is 0 Å². The van der Waals surface area contributed by atoms with E-state index < -0.39 is 0 Å². The van der Waals surface area contributed by atoms with E-state index in [0.29, 0.717) is 5.82 Å². The average Bonchev–Trinajstić information content (AvgIpc) is 2.05. The van der Waals surface area contributed by atoms with Gasteiger partial charge in [-0.2, -0.15) is 0 Å². The average molecular weight is 160 g/mol. The summed E-state index contributed by atoms with van der Waals surface area (Å²) in [5.74, 6) is 0.406. The quantitative estimate of drug-likeness (QED) is 0.706. The summed E-state index contributed by atoms with van der Waals surface area (Å²) in [7, 11) is 0. The Bertz CT molecular complexity index is 288. The zero-order chi connectivity index (χ0) is 8.97. The highest BCUT2D eigenvalue weighted by atomic mass is 15.0. The fourth-order valence-corrected chi connectivity index (χ4v) is 0.905. The minimum Gasteiger partial charge on any atom is -0.386 e. The normalized spacial score (nSPS) is 9.00. The molecule has 1 rings (SSSR count). The van der Waals surface area contributed by atoms with E-state index in [2.05, 4.69) is 18.5 Å². The van der Waals surface area contributed by atoms with Crippen molar-refractivity contribution in [1.29, 1.82) is 0 Å². The van der Waals surface area contributed by atoms with Crippen LogP contribution in [0.2, 0.25) is 0 Å². The van der Waals surface area contributed by atoms with E-state index in [1.165, 1.54) is 0 Å². The van der Waals surface area contributed by atoms with Gasteiger partial charge in [0.25, 0.3) is 0 Å². The smallest absolute Gasteiger partial charge is 0.0930 e. The Balaban J connectivity index is 2.73. The Morgan fingerprint density at radius 3 is 2.25 bits per heavy atom. The molecule has 2 nitrogen and oxygen atoms in total. The molecule has 0 unspecified atom stereocenters. The van der Waals surface area contributed by atoms with Crippen molar-refractivity contribution in [3.05, 3.63) is 54.9 Å². The highest BCUT2D eigenvalue weighted by Crippen LogP contribution is 2.07. The molecule has 0 bridgehead atoms. The summed E-state index contributed by atoms with van der Waals surface area (Å²) in [4.78, 5) is 0. The highest BCUT2D eigenvalue weighted by molar-refractivity contribution is 5.62. The summed E-state index contributed by atoms with van der Waals surface area (Å²) in [5, 5.41) is 2.85. The van der Waals surface area contributed by atoms with Crippen molar-refractivity contribution in [3.8, 4) is 0 Å². The molecule has 0 spiro atoms. The summed E-state index contributed by atoms with van der Waals surface area (Å²) in [6, 6.07) is 9.76. The molecule has 0 aliphatic rings. The van der Waals surface area contributed by atoms with Crippen LogP contribution in [0.5, 0.6) is 0 Å². The zero-order valence-corrected chi connectivity index (χ0v) is 6.88. The second-order valence-corrected chi connectivity index (χ2v) is 2.49. The molecule has 0 aliphatic carbocycles. The van der Waals surface area contributed by atoms with Crippen molar-refractivity contribution in [2.75, 3.05) is 0 Å². The lowest BCUT2D eigenvalue weighted by Gasteiger charge is -2.07. The van der Waals surface area contributed by atoms with Gasteiger partial charge in [-0.05, 0) is 5.56 Å². The van der Waals surface area contributed by atoms with Crippen LogP contribution in [0.1, 0.15) is 5.56 Å². The van der Waals surface area contributed by atoms with Gasteiger partial charge in [-0.15, -0.1) is 0 Å². The van der Waals surface area contributed by atoms with Crippen molar-refractivity contribution < 1.29 is 0 Å². The monoisotopic (exact) mass is 160 g/mol. The van der Waals surface area contributed by atoms with Crippen molar-refractivity contribution in [1.82, 2.24) is 5.32 Å². The van der Waals surface area contributed by atoms with Crippen molar-refractivity contribution in [3.63, 3.8) is 0 Å². The maximum absolute atomic E-state index is 5.36. The van der Waals surface area contributed by atoms with Gasteiger partial charge in [-0.1, -0.05) is 43.5 Å². The lowest BCUT2D eigenvalue weighted by molar-refractivity contribution is 1.06. The maximum Gasteiger partial charge on any atom is 0.0930 e. The number of benzene rings is 1. The first-order valence-corrected chi connectivity index (χ1v) is 3.66. The van der Waals surface area contributed by atoms with Crippen LogP contribution < -0.4 is 11.1 Å². The van der Waals surface area contributed by atoms with Gasteiger partial charge in [0.1, 0.15) is 0 Å². The molecule has 0 heterocycles. The molecule has 0 aliphatic heterocycles. The van der Waals surface area contributed by atoms with Gasteiger partial charge in [0.15, 0.2) is 0 Å². The van der Waals surface area contributed by atoms with Crippen LogP contribution in [0, 0.1) is 0 Å². The van der Waals surface area contributed by atoms with Gasteiger partial charge in [-0.25, -0.2) is 0 Å². The van der Waals surface area contributed by atoms with Gasteiger partial charge in [-0.3, -0.25) is 0 Å². The van der Waals surface area contributed by atoms with Crippen molar-refractivity contribution in [2.24, 2.45) is 5.73 Å². The van der Waals surface area contributed by atoms with Gasteiger partial charge >= 0.3 is 0 Å². The molecule has 62 valence electrons. The Labute approximate surface area is 72.4 Å². The predicted molar refractivity (Wildman–Crippen MR) is 51.9 cm³/mol. The number of hydrogen-bond acceptors (Lipinski definition) is 2. The molecule has 0 saturated heterocycles. The molecule has 2 heteroatoms. The summed E-state index contributed by atoms with van der Waals surface area (Å²) >= 11 is 0. The second kappa shape index (κ2) is 3.62. The molecule has 0 saturated carbocycles. The fraction of sp³-hybridized carbons (Fsp3) is 0. The molecule has 0 radical (unpaired) electrons. The van der Waals surface area contributed by atoms with Crippen molar-refractivity contribution >= 4 is 5.70 Å². The third-order valence-electron chi connectivity index (χ3n) is 1.43. The largest absolute Gasteiger partial charge is 0.386 e. The topological polar surface area (TPSA) is 38.0 Å². The van der Waals surface area contributed by atoms with Crippen LogP contribution in [0.25, 0.3) is 5.70 Å². The molecule has 0 atom stereocenters. The molecular formula is C10H12N2. The first-order chi connectivity index (χ1) is 5.70. The molecule has 1 aromatic rings. The van der Waals surface area contributed by atoms with E-state index in [0.717, 1.165) is 11.3 Å². The third-order valence-corrected chi connectivity index (χ3v) is 1.43. The molecule has 0 aromatic heterocycles. The standard InChI is InChI=1S/C10H12N2/c1-8(12-9(2)11)10-6-4-3-5-7-10/h3-7,12H,1-2,11H2. The minimum absolute atomic E-state index is 0.406. The summed E-state index contributed by atoms with van der Waals surface area (Å²) in [5.41, 5.74) is 7.15. The van der Waals surface area contributed by atoms with Crippen LogP contribution in [0.3, 0.4) is 0 Å². The molecule has 0 amide bonds. The SMILES string of the molecule is C=C(N)NC(=C)c1ccccc1. The summed E-state index contributed by atoms with van der Waals surface area (Å²) in [6.07, 6.45) is 0. The number of rotatable bonds is 3. The van der Waals surface area contributed by atoms with Crippen LogP contribution >= 0.6 is 0 Å². The van der Waals surface area contributed by atoms with Gasteiger partial charge in [0, 0.05) is 5.70 Å². The molecule has 1 aromatic carbocycles. The second-order valence-electron chi connectivity index (χ2n) is 2.49. The van der Waals surface area contributed by atoms with Crippen molar-refractivity contribution in [2.45, 2.75) is 0 Å². The lowest BCUT2D eigenvalue weighted by atomic mass is 10.2. The van der Waals surface area contributed by atoms with Crippen LogP contribution in [-0.2, 0) is 0 Å². The van der Waals surface area contributed by atoms with E-state index in [-0.39, 0.29) is 0 Å². The Kier molecular flexibility index (Phi) is 2.53. The number of nitrogens with two attached hydrogens (primary N) is 1.